The number of carbonyl (C=O) groups is 2. The van der Waals surface area contributed by atoms with E-state index in [1.54, 1.807) is 36.4 Å². The molecular formula is C20H19ClN2O4. The number of hydrogen-bond acceptors (Lipinski definition) is 4. The summed E-state index contributed by atoms with van der Waals surface area (Å²) in [5, 5.41) is 1.56. The number of halogens is 1. The van der Waals surface area contributed by atoms with Crippen LogP contribution in [-0.4, -0.2) is 25.0 Å². The third kappa shape index (κ3) is 3.90. The molecule has 1 heterocycles. The van der Waals surface area contributed by atoms with Gasteiger partial charge in [-0.05, 0) is 49.8 Å². The van der Waals surface area contributed by atoms with Crippen LogP contribution in [-0.2, 0) is 9.59 Å². The van der Waals surface area contributed by atoms with Crippen LogP contribution in [0.2, 0.25) is 5.02 Å². The third-order valence-electron chi connectivity index (χ3n) is 3.84. The van der Waals surface area contributed by atoms with Crippen molar-refractivity contribution in [3.05, 3.63) is 58.6 Å². The number of benzene rings is 2. The molecule has 140 valence electrons. The van der Waals surface area contributed by atoms with Gasteiger partial charge < -0.3 is 9.47 Å². The summed E-state index contributed by atoms with van der Waals surface area (Å²) in [5.41, 5.74) is 3.73. The van der Waals surface area contributed by atoms with Crippen LogP contribution in [0, 0.1) is 0 Å². The molecular weight excluding hydrogens is 368 g/mol. The van der Waals surface area contributed by atoms with Crippen molar-refractivity contribution in [1.82, 2.24) is 5.43 Å². The monoisotopic (exact) mass is 386 g/mol. The van der Waals surface area contributed by atoms with Gasteiger partial charge in [-0.15, -0.1) is 0 Å². The SMILES string of the molecule is CCOc1cc(/C=C2/C(=O)NN(c3ccccc3)C2=O)cc(Cl)c1OCC. The first-order valence-electron chi connectivity index (χ1n) is 8.56. The zero-order valence-corrected chi connectivity index (χ0v) is 15.7. The molecule has 0 unspecified atom stereocenters. The Balaban J connectivity index is 1.96. The Morgan fingerprint density at radius 1 is 1.07 bits per heavy atom. The van der Waals surface area contributed by atoms with E-state index in [1.807, 2.05) is 19.9 Å². The highest BCUT2D eigenvalue weighted by Crippen LogP contribution is 2.37. The molecule has 6 nitrogen and oxygen atoms in total. The molecule has 1 fully saturated rings. The lowest BCUT2D eigenvalue weighted by atomic mass is 10.1. The fourth-order valence-corrected chi connectivity index (χ4v) is 2.98. The first-order valence-corrected chi connectivity index (χ1v) is 8.94. The predicted molar refractivity (Wildman–Crippen MR) is 104 cm³/mol. The quantitative estimate of drug-likeness (QED) is 0.608. The standard InChI is InChI=1S/C20H19ClN2O4/c1-3-26-17-12-13(11-16(21)18(17)27-4-2)10-15-19(24)22-23(20(15)25)14-8-6-5-7-9-14/h5-12H,3-4H2,1-2H3,(H,22,24)/b15-10-. The van der Waals surface area contributed by atoms with E-state index < -0.39 is 11.8 Å². The lowest BCUT2D eigenvalue weighted by molar-refractivity contribution is -0.117. The fraction of sp³-hybridized carbons (Fsp3) is 0.200. The molecule has 0 aromatic heterocycles. The van der Waals surface area contributed by atoms with E-state index in [2.05, 4.69) is 5.43 Å². The summed E-state index contributed by atoms with van der Waals surface area (Å²) >= 11 is 6.30. The van der Waals surface area contributed by atoms with Crippen LogP contribution in [0.3, 0.4) is 0 Å². The Kier molecular flexibility index (Phi) is 5.66. The van der Waals surface area contributed by atoms with Gasteiger partial charge in [0.05, 0.1) is 23.9 Å². The van der Waals surface area contributed by atoms with Crippen LogP contribution in [0.25, 0.3) is 6.08 Å². The van der Waals surface area contributed by atoms with Crippen LogP contribution >= 0.6 is 11.6 Å². The maximum Gasteiger partial charge on any atom is 0.282 e. The maximum atomic E-state index is 12.7. The van der Waals surface area contributed by atoms with Crippen LogP contribution in [0.1, 0.15) is 19.4 Å². The third-order valence-corrected chi connectivity index (χ3v) is 4.12. The number of nitrogens with one attached hydrogen (secondary N) is 1. The predicted octanol–water partition coefficient (Wildman–Crippen LogP) is 3.60. The molecule has 2 aromatic rings. The molecule has 1 N–H and O–H groups in total. The van der Waals surface area contributed by atoms with Crippen molar-refractivity contribution in [1.29, 1.82) is 0 Å². The maximum absolute atomic E-state index is 12.7. The van der Waals surface area contributed by atoms with Crippen molar-refractivity contribution in [3.63, 3.8) is 0 Å². The lowest BCUT2D eigenvalue weighted by Crippen LogP contribution is -2.35. The van der Waals surface area contributed by atoms with Gasteiger partial charge in [0.15, 0.2) is 11.5 Å². The summed E-state index contributed by atoms with van der Waals surface area (Å²) < 4.78 is 11.1. The molecule has 0 spiro atoms. The number of hydrazine groups is 1. The summed E-state index contributed by atoms with van der Waals surface area (Å²) in [6, 6.07) is 12.2. The van der Waals surface area contributed by atoms with Crippen molar-refractivity contribution in [3.8, 4) is 11.5 Å². The van der Waals surface area contributed by atoms with E-state index in [9.17, 15) is 9.59 Å². The highest BCUT2D eigenvalue weighted by Gasteiger charge is 2.34. The summed E-state index contributed by atoms with van der Waals surface area (Å²) in [6.07, 6.45) is 1.49. The van der Waals surface area contributed by atoms with Crippen molar-refractivity contribution in [2.75, 3.05) is 18.2 Å². The number of para-hydroxylation sites is 1. The Bertz CT molecular complexity index is 896. The zero-order chi connectivity index (χ0) is 19.4. The highest BCUT2D eigenvalue weighted by atomic mass is 35.5. The van der Waals surface area contributed by atoms with Crippen molar-refractivity contribution >= 4 is 35.2 Å². The average Bonchev–Trinajstić information content (AvgIpc) is 2.94. The number of anilines is 1. The van der Waals surface area contributed by atoms with Crippen molar-refractivity contribution in [2.45, 2.75) is 13.8 Å². The molecule has 0 aliphatic carbocycles. The topological polar surface area (TPSA) is 67.9 Å². The Morgan fingerprint density at radius 2 is 1.78 bits per heavy atom. The van der Waals surface area contributed by atoms with Gasteiger partial charge in [0.2, 0.25) is 0 Å². The molecule has 0 saturated carbocycles. The summed E-state index contributed by atoms with van der Waals surface area (Å²) in [7, 11) is 0. The van der Waals surface area contributed by atoms with Crippen molar-refractivity contribution in [2.24, 2.45) is 0 Å². The molecule has 27 heavy (non-hydrogen) atoms. The molecule has 3 rings (SSSR count). The van der Waals surface area contributed by atoms with Gasteiger partial charge in [0.1, 0.15) is 5.57 Å². The molecule has 7 heteroatoms. The zero-order valence-electron chi connectivity index (χ0n) is 15.0. The highest BCUT2D eigenvalue weighted by molar-refractivity contribution is 6.33. The fourth-order valence-electron chi connectivity index (χ4n) is 2.70. The molecule has 2 amide bonds. The number of hydrogen-bond donors (Lipinski definition) is 1. The number of nitrogens with zero attached hydrogens (tertiary/aromatic N) is 1. The van der Waals surface area contributed by atoms with Gasteiger partial charge in [-0.25, -0.2) is 5.01 Å². The van der Waals surface area contributed by atoms with Crippen LogP contribution in [0.15, 0.2) is 48.0 Å². The minimum atomic E-state index is -0.480. The number of rotatable bonds is 6. The normalized spacial score (nSPS) is 15.2. The molecule has 1 saturated heterocycles. The number of ether oxygens (including phenoxy) is 2. The van der Waals surface area contributed by atoms with Gasteiger partial charge in [-0.2, -0.15) is 0 Å². The molecule has 0 atom stereocenters. The Hall–Kier alpha value is -2.99. The molecule has 0 radical (unpaired) electrons. The molecule has 1 aliphatic rings. The van der Waals surface area contributed by atoms with E-state index in [4.69, 9.17) is 21.1 Å². The lowest BCUT2D eigenvalue weighted by Gasteiger charge is -2.14. The van der Waals surface area contributed by atoms with Crippen LogP contribution < -0.4 is 19.9 Å². The smallest absolute Gasteiger partial charge is 0.282 e. The second kappa shape index (κ2) is 8.14. The van der Waals surface area contributed by atoms with E-state index >= 15 is 0 Å². The largest absolute Gasteiger partial charge is 0.490 e. The average molecular weight is 387 g/mol. The van der Waals surface area contributed by atoms with Crippen LogP contribution in [0.4, 0.5) is 5.69 Å². The second-order valence-corrected chi connectivity index (χ2v) is 6.08. The van der Waals surface area contributed by atoms with Crippen molar-refractivity contribution < 1.29 is 19.1 Å². The van der Waals surface area contributed by atoms with Gasteiger partial charge >= 0.3 is 0 Å². The molecule has 0 bridgehead atoms. The first kappa shape index (κ1) is 18.8. The van der Waals surface area contributed by atoms with E-state index in [1.165, 1.54) is 11.1 Å². The Morgan fingerprint density at radius 3 is 2.44 bits per heavy atom. The summed E-state index contributed by atoms with van der Waals surface area (Å²) in [6.45, 7) is 4.56. The van der Waals surface area contributed by atoms with E-state index in [0.717, 1.165) is 0 Å². The second-order valence-electron chi connectivity index (χ2n) is 5.67. The minimum Gasteiger partial charge on any atom is -0.490 e. The summed E-state index contributed by atoms with van der Waals surface area (Å²) in [4.78, 5) is 25.0. The number of amides is 2. The molecule has 1 aliphatic heterocycles. The van der Waals surface area contributed by atoms with Crippen LogP contribution in [0.5, 0.6) is 11.5 Å². The molecule has 2 aromatic carbocycles. The summed E-state index contributed by atoms with van der Waals surface area (Å²) in [5.74, 6) is -0.0123. The Labute approximate surface area is 162 Å². The number of carbonyl (C=O) groups excluding carboxylic acids is 2. The minimum absolute atomic E-state index is 0.0153. The van der Waals surface area contributed by atoms with Gasteiger partial charge in [0.25, 0.3) is 11.8 Å². The first-order chi connectivity index (χ1) is 13.0. The van der Waals surface area contributed by atoms with Gasteiger partial charge in [0, 0.05) is 0 Å². The van der Waals surface area contributed by atoms with Gasteiger partial charge in [-0.1, -0.05) is 29.8 Å². The van der Waals surface area contributed by atoms with Gasteiger partial charge in [-0.3, -0.25) is 15.0 Å². The van der Waals surface area contributed by atoms with E-state index in [-0.39, 0.29) is 5.57 Å². The van der Waals surface area contributed by atoms with E-state index in [0.29, 0.717) is 41.0 Å².